The van der Waals surface area contributed by atoms with Gasteiger partial charge in [0.05, 0.1) is 0 Å². The van der Waals surface area contributed by atoms with Gasteiger partial charge in [0.15, 0.2) is 11.5 Å². The summed E-state index contributed by atoms with van der Waals surface area (Å²) in [6.07, 6.45) is 21.9. The van der Waals surface area contributed by atoms with Crippen LogP contribution in [-0.2, 0) is 6.42 Å². The number of phenolic OH excluding ortho intramolecular Hbond substituents is 2. The molecule has 32 heavy (non-hydrogen) atoms. The highest BCUT2D eigenvalue weighted by Crippen LogP contribution is 2.25. The third-order valence-corrected chi connectivity index (χ3v) is 6.30. The molecule has 0 aliphatic heterocycles. The van der Waals surface area contributed by atoms with Crippen LogP contribution in [0, 0.1) is 0 Å². The smallest absolute Gasteiger partial charge is 0.314 e. The van der Waals surface area contributed by atoms with E-state index in [4.69, 9.17) is 5.73 Å². The van der Waals surface area contributed by atoms with Crippen LogP contribution < -0.4 is 5.73 Å². The molecule has 0 bridgehead atoms. The summed E-state index contributed by atoms with van der Waals surface area (Å²) in [5, 5.41) is 19.0. The molecule has 5 nitrogen and oxygen atoms in total. The summed E-state index contributed by atoms with van der Waals surface area (Å²) in [5.41, 5.74) is 6.39. The fraction of sp³-hybridized carbons (Fsp3) is 0.741. The first-order chi connectivity index (χ1) is 15.5. The number of carbonyl (C=O) groups is 1. The monoisotopic (exact) mass is 448 g/mol. The Morgan fingerprint density at radius 1 is 0.719 bits per heavy atom. The molecule has 5 heteroatoms. The van der Waals surface area contributed by atoms with E-state index in [-0.39, 0.29) is 11.5 Å². The number of unbranched alkanes of at least 4 members (excludes halogenated alkanes) is 15. The highest BCUT2D eigenvalue weighted by Gasteiger charge is 2.10. The molecule has 184 valence electrons. The van der Waals surface area contributed by atoms with Crippen molar-refractivity contribution in [1.29, 1.82) is 0 Å². The molecule has 0 unspecified atom stereocenters. The SMILES string of the molecule is CCCCCCCCCCCCCCCCCCN(CCc1ccc(O)c(O)c1)C(N)=O. The number of amides is 2. The number of hydrogen-bond donors (Lipinski definition) is 3. The first-order valence-electron chi connectivity index (χ1n) is 13.1. The molecule has 0 saturated carbocycles. The predicted octanol–water partition coefficient (Wildman–Crippen LogP) is 7.28. The van der Waals surface area contributed by atoms with Gasteiger partial charge in [0.2, 0.25) is 0 Å². The summed E-state index contributed by atoms with van der Waals surface area (Å²) < 4.78 is 0. The van der Waals surface area contributed by atoms with E-state index in [0.717, 1.165) is 18.4 Å². The van der Waals surface area contributed by atoms with Crippen molar-refractivity contribution in [3.05, 3.63) is 23.8 Å². The number of nitrogens with zero attached hydrogens (tertiary/aromatic N) is 1. The molecule has 0 aliphatic rings. The largest absolute Gasteiger partial charge is 0.504 e. The van der Waals surface area contributed by atoms with Gasteiger partial charge in [0.1, 0.15) is 0 Å². The Bertz CT molecular complexity index is 607. The molecular formula is C27H48N2O3. The Morgan fingerprint density at radius 3 is 1.62 bits per heavy atom. The second-order valence-corrected chi connectivity index (χ2v) is 9.20. The molecule has 2 amide bonds. The van der Waals surface area contributed by atoms with Gasteiger partial charge in [-0.05, 0) is 30.5 Å². The van der Waals surface area contributed by atoms with Gasteiger partial charge >= 0.3 is 6.03 Å². The van der Waals surface area contributed by atoms with Crippen LogP contribution in [0.2, 0.25) is 0 Å². The number of benzene rings is 1. The van der Waals surface area contributed by atoms with Crippen LogP contribution in [0.3, 0.4) is 0 Å². The minimum absolute atomic E-state index is 0.131. The van der Waals surface area contributed by atoms with E-state index in [1.54, 1.807) is 11.0 Å². The van der Waals surface area contributed by atoms with Crippen molar-refractivity contribution in [2.45, 2.75) is 116 Å². The third-order valence-electron chi connectivity index (χ3n) is 6.30. The summed E-state index contributed by atoms with van der Waals surface area (Å²) in [6, 6.07) is 4.36. The molecule has 1 aromatic rings. The maximum atomic E-state index is 11.7. The van der Waals surface area contributed by atoms with E-state index in [9.17, 15) is 15.0 Å². The number of nitrogens with two attached hydrogens (primary N) is 1. The Hall–Kier alpha value is -1.91. The minimum atomic E-state index is -0.394. The van der Waals surface area contributed by atoms with Crippen LogP contribution in [0.4, 0.5) is 4.79 Å². The second kappa shape index (κ2) is 18.6. The molecule has 1 rings (SSSR count). The van der Waals surface area contributed by atoms with Crippen molar-refractivity contribution >= 4 is 6.03 Å². The van der Waals surface area contributed by atoms with Crippen LogP contribution in [0.1, 0.15) is 115 Å². The van der Waals surface area contributed by atoms with Gasteiger partial charge in [0, 0.05) is 13.1 Å². The third kappa shape index (κ3) is 14.2. The zero-order chi connectivity index (χ0) is 23.4. The maximum absolute atomic E-state index is 11.7. The van der Waals surface area contributed by atoms with Gasteiger partial charge in [0.25, 0.3) is 0 Å². The Balaban J connectivity index is 1.96. The van der Waals surface area contributed by atoms with Crippen molar-refractivity contribution in [3.8, 4) is 11.5 Å². The molecule has 0 fully saturated rings. The van der Waals surface area contributed by atoms with Crippen LogP contribution in [0.15, 0.2) is 18.2 Å². The first kappa shape index (κ1) is 28.1. The highest BCUT2D eigenvalue weighted by atomic mass is 16.3. The normalized spacial score (nSPS) is 11.0. The van der Waals surface area contributed by atoms with Crippen LogP contribution in [-0.4, -0.2) is 34.2 Å². The number of phenols is 2. The van der Waals surface area contributed by atoms with Gasteiger partial charge in [-0.1, -0.05) is 109 Å². The Morgan fingerprint density at radius 2 is 1.19 bits per heavy atom. The summed E-state index contributed by atoms with van der Waals surface area (Å²) in [4.78, 5) is 13.4. The van der Waals surface area contributed by atoms with Crippen molar-refractivity contribution in [1.82, 2.24) is 4.90 Å². The molecule has 0 saturated heterocycles. The molecule has 0 radical (unpaired) electrons. The van der Waals surface area contributed by atoms with E-state index in [1.807, 2.05) is 0 Å². The Labute approximate surface area is 196 Å². The summed E-state index contributed by atoms with van der Waals surface area (Å²) >= 11 is 0. The van der Waals surface area contributed by atoms with E-state index in [2.05, 4.69) is 6.92 Å². The zero-order valence-corrected chi connectivity index (χ0v) is 20.5. The van der Waals surface area contributed by atoms with Crippen molar-refractivity contribution in [3.63, 3.8) is 0 Å². The molecule has 0 aromatic heterocycles. The number of urea groups is 1. The fourth-order valence-electron chi connectivity index (χ4n) is 4.17. The number of hydrogen-bond acceptors (Lipinski definition) is 3. The van der Waals surface area contributed by atoms with E-state index < -0.39 is 6.03 Å². The highest BCUT2D eigenvalue weighted by molar-refractivity contribution is 5.71. The second-order valence-electron chi connectivity index (χ2n) is 9.20. The fourth-order valence-corrected chi connectivity index (χ4v) is 4.17. The van der Waals surface area contributed by atoms with Crippen molar-refractivity contribution < 1.29 is 15.0 Å². The molecule has 0 heterocycles. The van der Waals surface area contributed by atoms with Gasteiger partial charge in [-0.3, -0.25) is 0 Å². The van der Waals surface area contributed by atoms with E-state index >= 15 is 0 Å². The number of primary amides is 1. The average molecular weight is 449 g/mol. The topological polar surface area (TPSA) is 86.8 Å². The van der Waals surface area contributed by atoms with Crippen molar-refractivity contribution in [2.24, 2.45) is 5.73 Å². The average Bonchev–Trinajstić information content (AvgIpc) is 2.77. The van der Waals surface area contributed by atoms with Crippen LogP contribution in [0.5, 0.6) is 11.5 Å². The number of carbonyl (C=O) groups excluding carboxylic acids is 1. The van der Waals surface area contributed by atoms with Gasteiger partial charge in [-0.25, -0.2) is 4.79 Å². The van der Waals surface area contributed by atoms with E-state index in [1.165, 1.54) is 102 Å². The van der Waals surface area contributed by atoms with Crippen molar-refractivity contribution in [2.75, 3.05) is 13.1 Å². The molecule has 0 spiro atoms. The zero-order valence-electron chi connectivity index (χ0n) is 20.5. The summed E-state index contributed by atoms with van der Waals surface area (Å²) in [7, 11) is 0. The lowest BCUT2D eigenvalue weighted by Crippen LogP contribution is -2.37. The predicted molar refractivity (Wildman–Crippen MR) is 134 cm³/mol. The van der Waals surface area contributed by atoms with Gasteiger partial charge in [-0.15, -0.1) is 0 Å². The number of aromatic hydroxyl groups is 2. The maximum Gasteiger partial charge on any atom is 0.314 e. The quantitative estimate of drug-likeness (QED) is 0.145. The summed E-state index contributed by atoms with van der Waals surface area (Å²) in [6.45, 7) is 3.48. The van der Waals surface area contributed by atoms with Crippen LogP contribution in [0.25, 0.3) is 0 Å². The lowest BCUT2D eigenvalue weighted by molar-refractivity contribution is 0.207. The summed E-state index contributed by atoms with van der Waals surface area (Å²) in [5.74, 6) is -0.264. The lowest BCUT2D eigenvalue weighted by atomic mass is 10.0. The minimum Gasteiger partial charge on any atom is -0.504 e. The standard InChI is InChI=1S/C27H48N2O3/c1-2-3-4-5-6-7-8-9-10-11-12-13-14-15-16-17-21-29(27(28)32)22-20-24-18-19-25(30)26(31)23-24/h18-19,23,30-31H,2-17,20-22H2,1H3,(H2,28,32). The van der Waals surface area contributed by atoms with Gasteiger partial charge < -0.3 is 20.8 Å². The van der Waals surface area contributed by atoms with E-state index in [0.29, 0.717) is 19.5 Å². The molecule has 0 atom stereocenters. The number of rotatable bonds is 20. The van der Waals surface area contributed by atoms with Crippen LogP contribution >= 0.6 is 0 Å². The molecular weight excluding hydrogens is 400 g/mol. The molecule has 4 N–H and O–H groups in total. The Kier molecular flexibility index (Phi) is 16.4. The molecule has 1 aromatic carbocycles. The lowest BCUT2D eigenvalue weighted by Gasteiger charge is -2.20. The van der Waals surface area contributed by atoms with Gasteiger partial charge in [-0.2, -0.15) is 0 Å². The first-order valence-corrected chi connectivity index (χ1v) is 13.1. The molecule has 0 aliphatic carbocycles.